The van der Waals surface area contributed by atoms with Crippen LogP contribution in [0.15, 0.2) is 0 Å². The van der Waals surface area contributed by atoms with Gasteiger partial charge in [-0.1, -0.05) is 0 Å². The van der Waals surface area contributed by atoms with Gasteiger partial charge in [0, 0.05) is 19.1 Å². The first kappa shape index (κ1) is 12.3. The molecule has 1 aliphatic carbocycles. The van der Waals surface area contributed by atoms with Crippen LogP contribution >= 0.6 is 0 Å². The Bertz CT molecular complexity index is 202. The summed E-state index contributed by atoms with van der Waals surface area (Å²) >= 11 is 0. The van der Waals surface area contributed by atoms with Crippen LogP contribution in [0.2, 0.25) is 0 Å². The maximum Gasteiger partial charge on any atom is 0.0619 e. The molecule has 2 fully saturated rings. The summed E-state index contributed by atoms with van der Waals surface area (Å²) in [6.07, 6.45) is 5.46. The first-order chi connectivity index (χ1) is 7.79. The molecule has 2 N–H and O–H groups in total. The van der Waals surface area contributed by atoms with E-state index in [0.717, 1.165) is 38.1 Å². The minimum absolute atomic E-state index is 0.612. The first-order valence-electron chi connectivity index (χ1n) is 6.81. The van der Waals surface area contributed by atoms with E-state index in [4.69, 9.17) is 10.5 Å². The summed E-state index contributed by atoms with van der Waals surface area (Å²) in [6, 6.07) is 0.612. The molecule has 94 valence electrons. The number of nitrogens with zero attached hydrogens (tertiary/aromatic N) is 1. The minimum Gasteiger partial charge on any atom is -0.379 e. The third-order valence-electron chi connectivity index (χ3n) is 4.30. The molecule has 3 heteroatoms. The Morgan fingerprint density at radius 3 is 2.50 bits per heavy atom. The summed E-state index contributed by atoms with van der Waals surface area (Å²) in [5.41, 5.74) is 5.73. The number of nitrogens with two attached hydrogens (primary N) is 1. The lowest BCUT2D eigenvalue weighted by Crippen LogP contribution is -2.46. The molecular formula is C13H26N2O. The van der Waals surface area contributed by atoms with Crippen molar-refractivity contribution in [2.45, 2.75) is 38.6 Å². The average Bonchev–Trinajstić information content (AvgIpc) is 2.33. The summed E-state index contributed by atoms with van der Waals surface area (Å²) in [5.74, 6) is 1.71. The van der Waals surface area contributed by atoms with E-state index in [9.17, 15) is 0 Å². The lowest BCUT2D eigenvalue weighted by molar-refractivity contribution is -0.0106. The van der Waals surface area contributed by atoms with Crippen LogP contribution in [0.4, 0.5) is 0 Å². The molecule has 0 aromatic rings. The van der Waals surface area contributed by atoms with Crippen LogP contribution in [0.25, 0.3) is 0 Å². The topological polar surface area (TPSA) is 38.5 Å². The Balaban J connectivity index is 1.73. The molecule has 1 unspecified atom stereocenters. The van der Waals surface area contributed by atoms with E-state index in [-0.39, 0.29) is 0 Å². The van der Waals surface area contributed by atoms with Crippen LogP contribution < -0.4 is 5.73 Å². The number of hydrogen-bond acceptors (Lipinski definition) is 3. The van der Waals surface area contributed by atoms with Gasteiger partial charge in [-0.2, -0.15) is 0 Å². The highest BCUT2D eigenvalue weighted by Gasteiger charge is 2.25. The Kier molecular flexibility index (Phi) is 4.62. The van der Waals surface area contributed by atoms with Crippen molar-refractivity contribution in [1.82, 2.24) is 4.90 Å². The molecule has 1 heterocycles. The second kappa shape index (κ2) is 5.99. The van der Waals surface area contributed by atoms with Gasteiger partial charge in [-0.25, -0.2) is 0 Å². The molecular weight excluding hydrogens is 200 g/mol. The maximum absolute atomic E-state index is 5.73. The molecule has 0 bridgehead atoms. The largest absolute Gasteiger partial charge is 0.379 e. The van der Waals surface area contributed by atoms with Crippen LogP contribution in [0, 0.1) is 11.8 Å². The van der Waals surface area contributed by atoms with Crippen LogP contribution in [-0.2, 0) is 4.74 Å². The van der Waals surface area contributed by atoms with Crippen molar-refractivity contribution in [3.63, 3.8) is 0 Å². The second-order valence-corrected chi connectivity index (χ2v) is 5.54. The molecule has 1 saturated heterocycles. The van der Waals surface area contributed by atoms with Crippen LogP contribution in [0.1, 0.15) is 32.6 Å². The van der Waals surface area contributed by atoms with E-state index in [0.29, 0.717) is 6.04 Å². The number of morpholine rings is 1. The molecule has 16 heavy (non-hydrogen) atoms. The van der Waals surface area contributed by atoms with Crippen molar-refractivity contribution in [1.29, 1.82) is 0 Å². The third kappa shape index (κ3) is 3.19. The molecule has 1 atom stereocenters. The molecule has 2 rings (SSSR count). The molecule has 0 amide bonds. The van der Waals surface area contributed by atoms with Crippen LogP contribution in [-0.4, -0.2) is 43.8 Å². The molecule has 1 aliphatic heterocycles. The lowest BCUT2D eigenvalue weighted by Gasteiger charge is -2.37. The van der Waals surface area contributed by atoms with Crippen molar-refractivity contribution in [2.24, 2.45) is 17.6 Å². The Morgan fingerprint density at radius 2 is 1.88 bits per heavy atom. The number of ether oxygens (including phenoxy) is 1. The quantitative estimate of drug-likeness (QED) is 0.792. The third-order valence-corrected chi connectivity index (χ3v) is 4.30. The lowest BCUT2D eigenvalue weighted by atomic mass is 9.81. The van der Waals surface area contributed by atoms with Gasteiger partial charge < -0.3 is 10.5 Å². The number of hydrogen-bond donors (Lipinski definition) is 1. The Morgan fingerprint density at radius 1 is 1.19 bits per heavy atom. The van der Waals surface area contributed by atoms with Gasteiger partial charge in [0.25, 0.3) is 0 Å². The van der Waals surface area contributed by atoms with Crippen molar-refractivity contribution in [2.75, 3.05) is 32.8 Å². The van der Waals surface area contributed by atoms with Gasteiger partial charge >= 0.3 is 0 Å². The predicted molar refractivity (Wildman–Crippen MR) is 66.4 cm³/mol. The van der Waals surface area contributed by atoms with Gasteiger partial charge in [0.2, 0.25) is 0 Å². The van der Waals surface area contributed by atoms with Gasteiger partial charge in [0.05, 0.1) is 13.2 Å². The standard InChI is InChI=1S/C13H26N2O/c1-11-10-16-7-6-15(11)9-13-4-2-12(8-14)3-5-13/h11-13H,2-10,14H2,1H3. The van der Waals surface area contributed by atoms with E-state index in [1.165, 1.54) is 32.2 Å². The second-order valence-electron chi connectivity index (χ2n) is 5.54. The van der Waals surface area contributed by atoms with Crippen molar-refractivity contribution < 1.29 is 4.74 Å². The minimum atomic E-state index is 0.612. The fraction of sp³-hybridized carbons (Fsp3) is 1.00. The zero-order chi connectivity index (χ0) is 11.4. The van der Waals surface area contributed by atoms with Gasteiger partial charge in [-0.15, -0.1) is 0 Å². The average molecular weight is 226 g/mol. The van der Waals surface area contributed by atoms with Gasteiger partial charge in [0.1, 0.15) is 0 Å². The fourth-order valence-electron chi connectivity index (χ4n) is 3.01. The SMILES string of the molecule is CC1COCCN1CC1CCC(CN)CC1. The van der Waals surface area contributed by atoms with Gasteiger partial charge in [0.15, 0.2) is 0 Å². The smallest absolute Gasteiger partial charge is 0.0619 e. The van der Waals surface area contributed by atoms with E-state index >= 15 is 0 Å². The summed E-state index contributed by atoms with van der Waals surface area (Å²) < 4.78 is 5.48. The predicted octanol–water partition coefficient (Wildman–Crippen LogP) is 1.47. The maximum atomic E-state index is 5.73. The summed E-state index contributed by atoms with van der Waals surface area (Å²) in [4.78, 5) is 2.61. The van der Waals surface area contributed by atoms with Crippen LogP contribution in [0.5, 0.6) is 0 Å². The van der Waals surface area contributed by atoms with Crippen molar-refractivity contribution >= 4 is 0 Å². The summed E-state index contributed by atoms with van der Waals surface area (Å²) in [5, 5.41) is 0. The monoisotopic (exact) mass is 226 g/mol. The molecule has 0 aromatic heterocycles. The van der Waals surface area contributed by atoms with Crippen molar-refractivity contribution in [3.8, 4) is 0 Å². The normalized spacial score (nSPS) is 37.5. The van der Waals surface area contributed by atoms with E-state index in [2.05, 4.69) is 11.8 Å². The highest BCUT2D eigenvalue weighted by molar-refractivity contribution is 4.79. The zero-order valence-electron chi connectivity index (χ0n) is 10.5. The summed E-state index contributed by atoms with van der Waals surface area (Å²) in [7, 11) is 0. The first-order valence-corrected chi connectivity index (χ1v) is 6.81. The van der Waals surface area contributed by atoms with E-state index in [1.807, 2.05) is 0 Å². The van der Waals surface area contributed by atoms with Crippen LogP contribution in [0.3, 0.4) is 0 Å². The molecule has 3 nitrogen and oxygen atoms in total. The van der Waals surface area contributed by atoms with E-state index < -0.39 is 0 Å². The molecule has 1 saturated carbocycles. The highest BCUT2D eigenvalue weighted by Crippen LogP contribution is 2.29. The molecule has 0 radical (unpaired) electrons. The molecule has 0 spiro atoms. The van der Waals surface area contributed by atoms with Crippen molar-refractivity contribution in [3.05, 3.63) is 0 Å². The molecule has 2 aliphatic rings. The molecule has 0 aromatic carbocycles. The zero-order valence-corrected chi connectivity index (χ0v) is 10.5. The van der Waals surface area contributed by atoms with E-state index in [1.54, 1.807) is 0 Å². The Hall–Kier alpha value is -0.120. The van der Waals surface area contributed by atoms with Gasteiger partial charge in [-0.3, -0.25) is 4.90 Å². The fourth-order valence-corrected chi connectivity index (χ4v) is 3.01. The highest BCUT2D eigenvalue weighted by atomic mass is 16.5. The van der Waals surface area contributed by atoms with Gasteiger partial charge in [-0.05, 0) is 51.0 Å². The Labute approximate surface area is 99.3 Å². The summed E-state index contributed by atoms with van der Waals surface area (Å²) in [6.45, 7) is 7.41. The number of rotatable bonds is 3.